The van der Waals surface area contributed by atoms with Crippen molar-refractivity contribution >= 4 is 17.6 Å². The van der Waals surface area contributed by atoms with Gasteiger partial charge in [-0.15, -0.1) is 0 Å². The molecule has 0 radical (unpaired) electrons. The van der Waals surface area contributed by atoms with Gasteiger partial charge in [0.05, 0.1) is 29.1 Å². The van der Waals surface area contributed by atoms with E-state index in [1.807, 2.05) is 6.07 Å². The number of nitriles is 1. The Kier molecular flexibility index (Phi) is 5.10. The number of pyridine rings is 1. The van der Waals surface area contributed by atoms with E-state index in [2.05, 4.69) is 10.3 Å². The maximum absolute atomic E-state index is 12.2. The van der Waals surface area contributed by atoms with Crippen molar-refractivity contribution in [2.45, 2.75) is 0 Å². The molecule has 0 saturated carbocycles. The summed E-state index contributed by atoms with van der Waals surface area (Å²) in [4.78, 5) is 27.1. The number of carboxylic acids is 1. The second-order valence-corrected chi connectivity index (χ2v) is 5.46. The van der Waals surface area contributed by atoms with E-state index in [1.54, 1.807) is 36.4 Å². The molecule has 1 amide bonds. The van der Waals surface area contributed by atoms with Gasteiger partial charge in [0.25, 0.3) is 5.91 Å². The Bertz CT molecular complexity index is 1010. The Morgan fingerprint density at radius 2 is 1.63 bits per heavy atom. The molecule has 132 valence electrons. The molecule has 0 fully saturated rings. The third-order valence-corrected chi connectivity index (χ3v) is 3.59. The lowest BCUT2D eigenvalue weighted by Crippen LogP contribution is -2.11. The van der Waals surface area contributed by atoms with Crippen LogP contribution in [0, 0.1) is 11.3 Å². The number of aromatic carboxylic acids is 1. The highest BCUT2D eigenvalue weighted by Gasteiger charge is 2.07. The number of carboxylic acid groups (broad SMARTS) is 1. The number of ether oxygens (including phenoxy) is 1. The smallest absolute Gasteiger partial charge is 0.335 e. The summed E-state index contributed by atoms with van der Waals surface area (Å²) in [5, 5.41) is 20.4. The van der Waals surface area contributed by atoms with E-state index in [1.165, 1.54) is 30.5 Å². The Morgan fingerprint density at radius 3 is 2.19 bits per heavy atom. The van der Waals surface area contributed by atoms with Crippen molar-refractivity contribution in [3.63, 3.8) is 0 Å². The van der Waals surface area contributed by atoms with Crippen molar-refractivity contribution in [3.05, 3.63) is 83.6 Å². The maximum atomic E-state index is 12.2. The normalized spacial score (nSPS) is 9.89. The third-order valence-electron chi connectivity index (χ3n) is 3.59. The number of hydrogen-bond donors (Lipinski definition) is 2. The van der Waals surface area contributed by atoms with Crippen LogP contribution in [0.1, 0.15) is 26.3 Å². The van der Waals surface area contributed by atoms with Crippen molar-refractivity contribution in [3.8, 4) is 17.7 Å². The first-order valence-corrected chi connectivity index (χ1v) is 7.84. The number of anilines is 1. The lowest BCUT2D eigenvalue weighted by molar-refractivity contribution is 0.0696. The van der Waals surface area contributed by atoms with Gasteiger partial charge in [0, 0.05) is 11.6 Å². The highest BCUT2D eigenvalue weighted by Crippen LogP contribution is 2.21. The van der Waals surface area contributed by atoms with Crippen LogP contribution in [0.25, 0.3) is 0 Å². The molecule has 3 rings (SSSR count). The minimum absolute atomic E-state index is 0.163. The van der Waals surface area contributed by atoms with E-state index >= 15 is 0 Å². The molecule has 0 aliphatic rings. The van der Waals surface area contributed by atoms with Gasteiger partial charge in [0.2, 0.25) is 5.88 Å². The van der Waals surface area contributed by atoms with E-state index in [9.17, 15) is 9.59 Å². The van der Waals surface area contributed by atoms with E-state index in [4.69, 9.17) is 15.1 Å². The minimum Gasteiger partial charge on any atom is -0.478 e. The van der Waals surface area contributed by atoms with Crippen molar-refractivity contribution in [2.75, 3.05) is 5.32 Å². The van der Waals surface area contributed by atoms with Crippen LogP contribution in [0.15, 0.2) is 66.9 Å². The van der Waals surface area contributed by atoms with Crippen LogP contribution < -0.4 is 10.1 Å². The largest absolute Gasteiger partial charge is 0.478 e. The Labute approximate surface area is 154 Å². The summed E-state index contributed by atoms with van der Waals surface area (Å²) in [7, 11) is 0. The van der Waals surface area contributed by atoms with Gasteiger partial charge in [-0.1, -0.05) is 0 Å². The topological polar surface area (TPSA) is 112 Å². The zero-order valence-electron chi connectivity index (χ0n) is 13.9. The Morgan fingerprint density at radius 1 is 0.963 bits per heavy atom. The molecule has 7 heteroatoms. The first-order valence-electron chi connectivity index (χ1n) is 7.84. The summed E-state index contributed by atoms with van der Waals surface area (Å²) >= 11 is 0. The van der Waals surface area contributed by atoms with Gasteiger partial charge in [-0.2, -0.15) is 5.26 Å². The number of carbonyl (C=O) groups is 2. The molecule has 0 bridgehead atoms. The monoisotopic (exact) mass is 359 g/mol. The number of benzene rings is 2. The first-order chi connectivity index (χ1) is 13.0. The van der Waals surface area contributed by atoms with Gasteiger partial charge in [0.1, 0.15) is 5.75 Å². The summed E-state index contributed by atoms with van der Waals surface area (Å²) in [5.41, 5.74) is 1.55. The van der Waals surface area contributed by atoms with Crippen LogP contribution in [-0.2, 0) is 0 Å². The van der Waals surface area contributed by atoms with E-state index in [0.717, 1.165) is 0 Å². The van der Waals surface area contributed by atoms with Crippen molar-refractivity contribution in [1.82, 2.24) is 4.98 Å². The lowest BCUT2D eigenvalue weighted by Gasteiger charge is -2.07. The van der Waals surface area contributed by atoms with E-state index < -0.39 is 5.97 Å². The number of hydrogen-bond acceptors (Lipinski definition) is 5. The molecule has 1 aromatic heterocycles. The first kappa shape index (κ1) is 17.6. The Hall–Kier alpha value is -4.18. The molecule has 27 heavy (non-hydrogen) atoms. The highest BCUT2D eigenvalue weighted by molar-refractivity contribution is 6.04. The van der Waals surface area contributed by atoms with Gasteiger partial charge in [-0.25, -0.2) is 9.78 Å². The molecule has 0 atom stereocenters. The van der Waals surface area contributed by atoms with Crippen molar-refractivity contribution < 1.29 is 19.4 Å². The number of aromatic nitrogens is 1. The van der Waals surface area contributed by atoms with E-state index in [-0.39, 0.29) is 11.5 Å². The number of rotatable bonds is 5. The van der Waals surface area contributed by atoms with Gasteiger partial charge >= 0.3 is 5.97 Å². The highest BCUT2D eigenvalue weighted by atomic mass is 16.5. The molecular weight excluding hydrogens is 346 g/mol. The van der Waals surface area contributed by atoms with Crippen LogP contribution in [-0.4, -0.2) is 22.0 Å². The zero-order chi connectivity index (χ0) is 19.2. The molecular formula is C20H13N3O4. The molecule has 0 spiro atoms. The number of amides is 1. The quantitative estimate of drug-likeness (QED) is 0.718. The molecule has 0 unspecified atom stereocenters. The van der Waals surface area contributed by atoms with Gasteiger partial charge < -0.3 is 15.2 Å². The second-order valence-electron chi connectivity index (χ2n) is 5.46. The van der Waals surface area contributed by atoms with Crippen LogP contribution in [0.2, 0.25) is 0 Å². The van der Waals surface area contributed by atoms with Crippen LogP contribution in [0.5, 0.6) is 11.6 Å². The number of nitrogens with zero attached hydrogens (tertiary/aromatic N) is 2. The fourth-order valence-corrected chi connectivity index (χ4v) is 2.20. The average molecular weight is 359 g/mol. The molecule has 2 aromatic carbocycles. The predicted octanol–water partition coefficient (Wildman–Crippen LogP) is 3.70. The molecule has 7 nitrogen and oxygen atoms in total. The van der Waals surface area contributed by atoms with Crippen molar-refractivity contribution in [1.29, 1.82) is 5.26 Å². The Balaban J connectivity index is 1.63. The molecule has 3 aromatic rings. The van der Waals surface area contributed by atoms with Gasteiger partial charge in [-0.3, -0.25) is 4.79 Å². The molecule has 1 heterocycles. The van der Waals surface area contributed by atoms with Crippen LogP contribution in [0.4, 0.5) is 5.69 Å². The SMILES string of the molecule is N#Cc1ccc(C(=O)Nc2ccc(Oc3ccc(C(=O)O)cc3)nc2)cc1. The molecule has 0 aliphatic heterocycles. The predicted molar refractivity (Wildman–Crippen MR) is 96.8 cm³/mol. The van der Waals surface area contributed by atoms with Gasteiger partial charge in [0.15, 0.2) is 0 Å². The van der Waals surface area contributed by atoms with E-state index in [0.29, 0.717) is 28.4 Å². The molecule has 2 N–H and O–H groups in total. The lowest BCUT2D eigenvalue weighted by atomic mass is 10.1. The third kappa shape index (κ3) is 4.46. The summed E-state index contributed by atoms with van der Waals surface area (Å²) < 4.78 is 5.54. The molecule has 0 aliphatic carbocycles. The summed E-state index contributed by atoms with van der Waals surface area (Å²) in [6.07, 6.45) is 1.45. The average Bonchev–Trinajstić information content (AvgIpc) is 2.70. The summed E-state index contributed by atoms with van der Waals surface area (Å²) in [6.45, 7) is 0. The molecule has 0 saturated heterocycles. The maximum Gasteiger partial charge on any atom is 0.335 e. The summed E-state index contributed by atoms with van der Waals surface area (Å²) in [6, 6.07) is 17.4. The fraction of sp³-hybridized carbons (Fsp3) is 0. The number of carbonyl (C=O) groups excluding carboxylic acids is 1. The van der Waals surface area contributed by atoms with Crippen LogP contribution in [0.3, 0.4) is 0 Å². The standard InChI is InChI=1S/C20H13N3O4/c21-11-13-1-3-14(4-2-13)19(24)23-16-7-10-18(22-12-16)27-17-8-5-15(6-9-17)20(25)26/h1-10,12H,(H,23,24)(H,25,26). The van der Waals surface area contributed by atoms with Gasteiger partial charge in [-0.05, 0) is 54.6 Å². The number of nitrogens with one attached hydrogen (secondary N) is 1. The van der Waals surface area contributed by atoms with Crippen LogP contribution >= 0.6 is 0 Å². The summed E-state index contributed by atoms with van der Waals surface area (Å²) in [5.74, 6) is -0.586. The minimum atomic E-state index is -1.01. The van der Waals surface area contributed by atoms with Crippen molar-refractivity contribution in [2.24, 2.45) is 0 Å². The second kappa shape index (κ2) is 7.80. The fourth-order valence-electron chi connectivity index (χ4n) is 2.20. The zero-order valence-corrected chi connectivity index (χ0v) is 13.9.